The van der Waals surface area contributed by atoms with Gasteiger partial charge in [-0.3, -0.25) is 0 Å². The van der Waals surface area contributed by atoms with Gasteiger partial charge in [-0.25, -0.2) is 0 Å². The van der Waals surface area contributed by atoms with E-state index in [9.17, 15) is 0 Å². The molecule has 0 bridgehead atoms. The monoisotopic (exact) mass is 355 g/mol. The Hall–Kier alpha value is -2.61. The van der Waals surface area contributed by atoms with Crippen LogP contribution in [0, 0.1) is 20.8 Å². The van der Waals surface area contributed by atoms with E-state index in [0.717, 1.165) is 0 Å². The van der Waals surface area contributed by atoms with Crippen molar-refractivity contribution in [1.82, 2.24) is 4.57 Å². The minimum atomic E-state index is -0.0372. The molecule has 2 nitrogen and oxygen atoms in total. The van der Waals surface area contributed by atoms with Crippen molar-refractivity contribution in [1.29, 1.82) is 0 Å². The molecule has 1 aliphatic carbocycles. The summed E-state index contributed by atoms with van der Waals surface area (Å²) in [4.78, 5) is 0. The molecule has 0 fully saturated rings. The van der Waals surface area contributed by atoms with Gasteiger partial charge in [0.1, 0.15) is 12.6 Å². The zero-order valence-electron chi connectivity index (χ0n) is 17.4. The summed E-state index contributed by atoms with van der Waals surface area (Å²) in [6, 6.07) is 11.8. The molecule has 2 heteroatoms. The Morgan fingerprint density at radius 2 is 1.70 bits per heavy atom. The van der Waals surface area contributed by atoms with E-state index in [-0.39, 0.29) is 5.41 Å². The summed E-state index contributed by atoms with van der Waals surface area (Å²) in [6.07, 6.45) is 2.17. The molecular weight excluding hydrogens is 328 g/mol. The number of pyridine rings is 1. The number of rotatable bonds is 0. The first-order chi connectivity index (χ1) is 12.7. The van der Waals surface area contributed by atoms with Gasteiger partial charge in [0, 0.05) is 30.3 Å². The summed E-state index contributed by atoms with van der Waals surface area (Å²) in [5, 5.41) is 2.81. The Morgan fingerprint density at radius 1 is 0.963 bits per heavy atom. The molecule has 27 heavy (non-hydrogen) atoms. The lowest BCUT2D eigenvalue weighted by atomic mass is 9.68. The predicted molar refractivity (Wildman–Crippen MR) is 113 cm³/mol. The summed E-state index contributed by atoms with van der Waals surface area (Å²) in [6.45, 7) is 11.5. The van der Waals surface area contributed by atoms with E-state index in [1.807, 2.05) is 0 Å². The molecule has 0 atom stereocenters. The third-order valence-corrected chi connectivity index (χ3v) is 6.82. The third kappa shape index (κ3) is 1.93. The highest BCUT2D eigenvalue weighted by atomic mass is 15.0. The highest BCUT2D eigenvalue weighted by Gasteiger charge is 2.40. The molecule has 2 aromatic carbocycles. The average Bonchev–Trinajstić information content (AvgIpc) is 2.97. The summed E-state index contributed by atoms with van der Waals surface area (Å²) in [7, 11) is 4.36. The van der Waals surface area contributed by atoms with Gasteiger partial charge in [-0.15, -0.1) is 0 Å². The first-order valence-electron chi connectivity index (χ1n) is 9.75. The highest BCUT2D eigenvalue weighted by molar-refractivity contribution is 6.04. The number of nitrogens with zero attached hydrogens (tertiary/aromatic N) is 2. The molecule has 1 aliphatic rings. The fourth-order valence-corrected chi connectivity index (χ4v) is 5.14. The van der Waals surface area contributed by atoms with Crippen molar-refractivity contribution >= 4 is 21.8 Å². The zero-order valence-corrected chi connectivity index (χ0v) is 17.4. The van der Waals surface area contributed by atoms with E-state index in [4.69, 9.17) is 0 Å². The number of hydrogen-bond acceptors (Lipinski definition) is 0. The van der Waals surface area contributed by atoms with Crippen LogP contribution in [0.2, 0.25) is 0 Å². The molecule has 0 amide bonds. The Morgan fingerprint density at radius 3 is 2.44 bits per heavy atom. The van der Waals surface area contributed by atoms with Crippen molar-refractivity contribution in [3.63, 3.8) is 0 Å². The van der Waals surface area contributed by atoms with Crippen molar-refractivity contribution in [3.8, 4) is 11.3 Å². The maximum atomic E-state index is 2.42. The van der Waals surface area contributed by atoms with Crippen LogP contribution in [-0.2, 0) is 19.5 Å². The smallest absolute Gasteiger partial charge is 0.230 e. The predicted octanol–water partition coefficient (Wildman–Crippen LogP) is 5.39. The van der Waals surface area contributed by atoms with Gasteiger partial charge in [-0.2, -0.15) is 4.57 Å². The van der Waals surface area contributed by atoms with E-state index < -0.39 is 0 Å². The molecule has 0 N–H and O–H groups in total. The van der Waals surface area contributed by atoms with Crippen LogP contribution in [0.4, 0.5) is 0 Å². The number of aromatic nitrogens is 2. The van der Waals surface area contributed by atoms with Gasteiger partial charge >= 0.3 is 0 Å². The summed E-state index contributed by atoms with van der Waals surface area (Å²) < 4.78 is 4.65. The van der Waals surface area contributed by atoms with Crippen molar-refractivity contribution in [2.45, 2.75) is 40.0 Å². The normalized spacial score (nSPS) is 14.8. The van der Waals surface area contributed by atoms with Crippen LogP contribution in [0.15, 0.2) is 36.5 Å². The molecule has 0 aliphatic heterocycles. The van der Waals surface area contributed by atoms with Gasteiger partial charge in [0.2, 0.25) is 11.2 Å². The van der Waals surface area contributed by atoms with Crippen molar-refractivity contribution in [2.75, 3.05) is 0 Å². The van der Waals surface area contributed by atoms with E-state index in [0.29, 0.717) is 0 Å². The van der Waals surface area contributed by atoms with E-state index in [1.54, 1.807) is 0 Å². The summed E-state index contributed by atoms with van der Waals surface area (Å²) in [5.41, 5.74) is 12.3. The number of fused-ring (bicyclic) bond motifs is 3. The largest absolute Gasteiger partial charge is 0.345 e. The van der Waals surface area contributed by atoms with Crippen LogP contribution in [0.25, 0.3) is 33.1 Å². The molecule has 2 heterocycles. The summed E-state index contributed by atoms with van der Waals surface area (Å²) in [5.74, 6) is 0. The second kappa shape index (κ2) is 5.01. The van der Waals surface area contributed by atoms with Gasteiger partial charge < -0.3 is 4.57 Å². The molecule has 4 aromatic rings. The van der Waals surface area contributed by atoms with E-state index in [1.165, 1.54) is 60.9 Å². The van der Waals surface area contributed by atoms with Gasteiger partial charge in [-0.05, 0) is 54.3 Å². The minimum absolute atomic E-state index is 0.0372. The molecule has 0 saturated carbocycles. The Labute approximate surface area is 161 Å². The lowest BCUT2D eigenvalue weighted by molar-refractivity contribution is -0.634. The topological polar surface area (TPSA) is 8.81 Å². The summed E-state index contributed by atoms with van der Waals surface area (Å²) >= 11 is 0. The lowest BCUT2D eigenvalue weighted by Crippen LogP contribution is -2.38. The van der Waals surface area contributed by atoms with Gasteiger partial charge in [0.05, 0.1) is 5.56 Å². The van der Waals surface area contributed by atoms with Crippen LogP contribution in [0.1, 0.15) is 41.7 Å². The standard InChI is InChI=1S/C25H27N2/c1-14-10-17-12-15(2)16(3)22-23(17)18(11-14)25(4,5)19-13-21-20(8-9-26(21)6)27(7)24(19)22/h8-13H,1-7H3/q+1. The molecule has 0 unspecified atom stereocenters. The molecule has 2 aromatic heterocycles. The Bertz CT molecular complexity index is 1290. The molecule has 5 rings (SSSR count). The molecular formula is C25H27N2+. The van der Waals surface area contributed by atoms with Gasteiger partial charge in [-0.1, -0.05) is 37.6 Å². The minimum Gasteiger partial charge on any atom is -0.345 e. The maximum Gasteiger partial charge on any atom is 0.230 e. The third-order valence-electron chi connectivity index (χ3n) is 6.82. The number of benzene rings is 2. The fourth-order valence-electron chi connectivity index (χ4n) is 5.14. The van der Waals surface area contributed by atoms with Gasteiger partial charge in [0.15, 0.2) is 0 Å². The number of hydrogen-bond donors (Lipinski definition) is 0. The van der Waals surface area contributed by atoms with Crippen LogP contribution in [-0.4, -0.2) is 4.57 Å². The fraction of sp³-hybridized carbons (Fsp3) is 0.320. The van der Waals surface area contributed by atoms with E-state index >= 15 is 0 Å². The second-order valence-corrected chi connectivity index (χ2v) is 8.89. The zero-order chi connectivity index (χ0) is 19.2. The quantitative estimate of drug-likeness (QED) is 0.374. The molecule has 0 radical (unpaired) electrons. The van der Waals surface area contributed by atoms with Gasteiger partial charge in [0.25, 0.3) is 0 Å². The SMILES string of the molecule is Cc1cc2c3c(c(C)c(C)cc3c1)-c1c(cc3c(ccn3C)[n+]1C)C2(C)C. The first kappa shape index (κ1) is 16.6. The Balaban J connectivity index is 2.11. The highest BCUT2D eigenvalue weighted by Crippen LogP contribution is 2.50. The van der Waals surface area contributed by atoms with Crippen LogP contribution in [0.5, 0.6) is 0 Å². The maximum absolute atomic E-state index is 2.42. The van der Waals surface area contributed by atoms with Crippen molar-refractivity contribution in [3.05, 3.63) is 64.3 Å². The first-order valence-corrected chi connectivity index (χ1v) is 9.75. The van der Waals surface area contributed by atoms with E-state index in [2.05, 4.69) is 94.4 Å². The Kier molecular flexibility index (Phi) is 3.07. The van der Waals surface area contributed by atoms with Crippen LogP contribution < -0.4 is 4.57 Å². The van der Waals surface area contributed by atoms with Crippen LogP contribution in [0.3, 0.4) is 0 Å². The lowest BCUT2D eigenvalue weighted by Gasteiger charge is -2.34. The van der Waals surface area contributed by atoms with Crippen molar-refractivity contribution < 1.29 is 4.57 Å². The average molecular weight is 356 g/mol. The molecule has 0 spiro atoms. The number of aryl methyl sites for hydroxylation is 4. The molecule has 136 valence electrons. The van der Waals surface area contributed by atoms with Crippen molar-refractivity contribution in [2.24, 2.45) is 14.1 Å². The second-order valence-electron chi connectivity index (χ2n) is 8.89. The van der Waals surface area contributed by atoms with Crippen LogP contribution >= 0.6 is 0 Å². The molecule has 0 saturated heterocycles.